The molecule has 0 N–H and O–H groups in total. The van der Waals surface area contributed by atoms with Crippen molar-refractivity contribution in [1.82, 2.24) is 39.1 Å². The summed E-state index contributed by atoms with van der Waals surface area (Å²) in [5, 5.41) is 8.62. The van der Waals surface area contributed by atoms with Gasteiger partial charge in [-0.3, -0.25) is 4.40 Å². The van der Waals surface area contributed by atoms with Gasteiger partial charge in [-0.25, -0.2) is 19.9 Å². The number of imidazole rings is 1. The van der Waals surface area contributed by atoms with E-state index >= 15 is 0 Å². The van der Waals surface area contributed by atoms with Crippen molar-refractivity contribution in [2.75, 3.05) is 36.0 Å². The van der Waals surface area contributed by atoms with Crippen LogP contribution in [-0.2, 0) is 13.5 Å². The van der Waals surface area contributed by atoms with Crippen molar-refractivity contribution in [1.29, 1.82) is 0 Å². The molecule has 0 saturated carbocycles. The molecule has 5 heterocycles. The quantitative estimate of drug-likeness (QED) is 0.524. The molecule has 0 atom stereocenters. The molecule has 10 heteroatoms. The number of anilines is 2. The van der Waals surface area contributed by atoms with Crippen molar-refractivity contribution in [3.8, 4) is 0 Å². The minimum absolute atomic E-state index is 0.817. The normalized spacial score (nSPS) is 15.2. The Hall–Kier alpha value is -3.30. The third-order valence-corrected chi connectivity index (χ3v) is 5.05. The number of hydrogen-bond acceptors (Lipinski definition) is 8. The summed E-state index contributed by atoms with van der Waals surface area (Å²) in [7, 11) is 1.94. The Balaban J connectivity index is 1.41. The van der Waals surface area contributed by atoms with Gasteiger partial charge in [-0.15, -0.1) is 10.2 Å². The average Bonchev–Trinajstić information content (AvgIpc) is 3.31. The molecule has 1 saturated heterocycles. The summed E-state index contributed by atoms with van der Waals surface area (Å²) in [6.45, 7) is 5.41. The SMILES string of the molecule is CCc1nnc2c(N3CCN(c4ncnc5c4ncn5C)CC3)nccn12. The van der Waals surface area contributed by atoms with Crippen molar-refractivity contribution in [2.24, 2.45) is 7.05 Å². The monoisotopic (exact) mass is 364 g/mol. The van der Waals surface area contributed by atoms with Gasteiger partial charge in [0.15, 0.2) is 22.8 Å². The number of aromatic nitrogens is 8. The summed E-state index contributed by atoms with van der Waals surface area (Å²) in [6, 6.07) is 0. The zero-order chi connectivity index (χ0) is 18.4. The van der Waals surface area contributed by atoms with Crippen LogP contribution in [0.2, 0.25) is 0 Å². The zero-order valence-corrected chi connectivity index (χ0v) is 15.3. The fourth-order valence-electron chi connectivity index (χ4n) is 3.62. The Morgan fingerprint density at radius 2 is 1.67 bits per heavy atom. The van der Waals surface area contributed by atoms with E-state index in [4.69, 9.17) is 0 Å². The number of aryl methyl sites for hydroxylation is 2. The number of nitrogens with zero attached hydrogens (tertiary/aromatic N) is 10. The first-order valence-electron chi connectivity index (χ1n) is 9.06. The van der Waals surface area contributed by atoms with Gasteiger partial charge < -0.3 is 14.4 Å². The van der Waals surface area contributed by atoms with Crippen LogP contribution in [0.25, 0.3) is 16.8 Å². The van der Waals surface area contributed by atoms with E-state index in [1.54, 1.807) is 12.7 Å². The van der Waals surface area contributed by atoms with Gasteiger partial charge in [-0.05, 0) is 0 Å². The molecule has 10 nitrogen and oxygen atoms in total. The second-order valence-corrected chi connectivity index (χ2v) is 6.61. The van der Waals surface area contributed by atoms with Crippen LogP contribution in [0, 0.1) is 0 Å². The number of hydrogen-bond donors (Lipinski definition) is 0. The molecule has 1 aliphatic rings. The Morgan fingerprint density at radius 3 is 2.44 bits per heavy atom. The van der Waals surface area contributed by atoms with E-state index in [0.717, 1.165) is 66.9 Å². The van der Waals surface area contributed by atoms with Gasteiger partial charge in [-0.2, -0.15) is 0 Å². The van der Waals surface area contributed by atoms with Gasteiger partial charge in [0.1, 0.15) is 12.2 Å². The second kappa shape index (κ2) is 6.15. The number of fused-ring (bicyclic) bond motifs is 2. The van der Waals surface area contributed by atoms with E-state index in [2.05, 4.69) is 46.9 Å². The number of rotatable bonds is 3. The van der Waals surface area contributed by atoms with E-state index in [1.807, 2.05) is 28.4 Å². The van der Waals surface area contributed by atoms with Gasteiger partial charge in [0.2, 0.25) is 5.65 Å². The smallest absolute Gasteiger partial charge is 0.203 e. The molecule has 0 bridgehead atoms. The third kappa shape index (κ3) is 2.47. The summed E-state index contributed by atoms with van der Waals surface area (Å²) in [6.07, 6.45) is 7.97. The van der Waals surface area contributed by atoms with E-state index in [0.29, 0.717) is 0 Å². The topological polar surface area (TPSA) is 93.2 Å². The lowest BCUT2D eigenvalue weighted by molar-refractivity contribution is 0.642. The van der Waals surface area contributed by atoms with Crippen molar-refractivity contribution in [3.05, 3.63) is 30.9 Å². The summed E-state index contributed by atoms with van der Waals surface area (Å²) < 4.78 is 3.94. The molecule has 0 unspecified atom stereocenters. The highest BCUT2D eigenvalue weighted by molar-refractivity contribution is 5.83. The zero-order valence-electron chi connectivity index (χ0n) is 15.3. The second-order valence-electron chi connectivity index (χ2n) is 6.61. The van der Waals surface area contributed by atoms with Gasteiger partial charge in [0.05, 0.1) is 6.33 Å². The highest BCUT2D eigenvalue weighted by atomic mass is 15.3. The molecule has 27 heavy (non-hydrogen) atoms. The van der Waals surface area contributed by atoms with Crippen LogP contribution in [0.1, 0.15) is 12.7 Å². The molecular formula is C17H20N10. The lowest BCUT2D eigenvalue weighted by atomic mass is 10.3. The molecule has 1 aliphatic heterocycles. The van der Waals surface area contributed by atoms with E-state index in [1.165, 1.54) is 0 Å². The van der Waals surface area contributed by atoms with Crippen LogP contribution < -0.4 is 9.80 Å². The molecule has 0 radical (unpaired) electrons. The first kappa shape index (κ1) is 15.9. The molecule has 0 spiro atoms. The minimum atomic E-state index is 0.817. The molecule has 5 rings (SSSR count). The predicted octanol–water partition coefficient (Wildman–Crippen LogP) is 0.690. The van der Waals surface area contributed by atoms with Crippen LogP contribution in [0.15, 0.2) is 25.0 Å². The molecule has 0 aromatic carbocycles. The summed E-state index contributed by atoms with van der Waals surface area (Å²) in [4.78, 5) is 22.4. The lowest BCUT2D eigenvalue weighted by Gasteiger charge is -2.35. The van der Waals surface area contributed by atoms with Crippen LogP contribution >= 0.6 is 0 Å². The van der Waals surface area contributed by atoms with E-state index in [-0.39, 0.29) is 0 Å². The Bertz CT molecular complexity index is 1110. The summed E-state index contributed by atoms with van der Waals surface area (Å²) in [5.41, 5.74) is 2.51. The van der Waals surface area contributed by atoms with Crippen molar-refractivity contribution in [3.63, 3.8) is 0 Å². The molecule has 4 aromatic rings. The van der Waals surface area contributed by atoms with Crippen LogP contribution in [0.4, 0.5) is 11.6 Å². The fraction of sp³-hybridized carbons (Fsp3) is 0.412. The largest absolute Gasteiger partial charge is 0.351 e. The molecule has 1 fully saturated rings. The first-order chi connectivity index (χ1) is 13.3. The fourth-order valence-corrected chi connectivity index (χ4v) is 3.62. The molecule has 0 amide bonds. The van der Waals surface area contributed by atoms with Crippen LogP contribution in [0.3, 0.4) is 0 Å². The van der Waals surface area contributed by atoms with Crippen molar-refractivity contribution < 1.29 is 0 Å². The van der Waals surface area contributed by atoms with E-state index < -0.39 is 0 Å². The standard InChI is InChI=1S/C17H20N10/c1-3-12-22-23-17-16(18-4-5-27(12)17)26-8-6-25(7-9-26)15-13-14(19-10-20-15)24(2)11-21-13/h4-5,10-11H,3,6-9H2,1-2H3. The highest BCUT2D eigenvalue weighted by Gasteiger charge is 2.24. The Kier molecular flexibility index (Phi) is 3.62. The maximum absolute atomic E-state index is 4.57. The van der Waals surface area contributed by atoms with Crippen LogP contribution in [-0.4, -0.2) is 65.3 Å². The first-order valence-corrected chi connectivity index (χ1v) is 9.06. The average molecular weight is 364 g/mol. The third-order valence-electron chi connectivity index (χ3n) is 5.05. The highest BCUT2D eigenvalue weighted by Crippen LogP contribution is 2.24. The molecule has 0 aliphatic carbocycles. The van der Waals surface area contributed by atoms with E-state index in [9.17, 15) is 0 Å². The molecular weight excluding hydrogens is 344 g/mol. The maximum atomic E-state index is 4.57. The Morgan fingerprint density at radius 1 is 0.889 bits per heavy atom. The van der Waals surface area contributed by atoms with Crippen molar-refractivity contribution in [2.45, 2.75) is 13.3 Å². The summed E-state index contributed by atoms with van der Waals surface area (Å²) in [5.74, 6) is 2.73. The maximum Gasteiger partial charge on any atom is 0.203 e. The van der Waals surface area contributed by atoms with Crippen LogP contribution in [0.5, 0.6) is 0 Å². The summed E-state index contributed by atoms with van der Waals surface area (Å²) >= 11 is 0. The minimum Gasteiger partial charge on any atom is -0.351 e. The van der Waals surface area contributed by atoms with Gasteiger partial charge in [0, 0.05) is 52.0 Å². The molecule has 4 aromatic heterocycles. The number of piperazine rings is 1. The Labute approximate surface area is 155 Å². The van der Waals surface area contributed by atoms with Gasteiger partial charge >= 0.3 is 0 Å². The van der Waals surface area contributed by atoms with Gasteiger partial charge in [-0.1, -0.05) is 6.92 Å². The predicted molar refractivity (Wildman–Crippen MR) is 101 cm³/mol. The van der Waals surface area contributed by atoms with Crippen molar-refractivity contribution >= 4 is 28.4 Å². The van der Waals surface area contributed by atoms with Gasteiger partial charge in [0.25, 0.3) is 0 Å². The molecule has 138 valence electrons. The lowest BCUT2D eigenvalue weighted by Crippen LogP contribution is -2.47.